The Hall–Kier alpha value is -1.55. The molecule has 3 N–H and O–H groups in total. The van der Waals surface area contributed by atoms with Crippen LogP contribution in [0.15, 0.2) is 22.0 Å². The van der Waals surface area contributed by atoms with Gasteiger partial charge in [-0.2, -0.15) is 18.3 Å². The van der Waals surface area contributed by atoms with Crippen LogP contribution in [0, 0.1) is 0 Å². The molecule has 0 unspecified atom stereocenters. The maximum atomic E-state index is 13.4. The molecule has 0 fully saturated rings. The normalized spacial score (nSPS) is 21.3. The number of anilines is 1. The van der Waals surface area contributed by atoms with Crippen molar-refractivity contribution in [3.63, 3.8) is 0 Å². The third-order valence-electron chi connectivity index (χ3n) is 3.42. The summed E-state index contributed by atoms with van der Waals surface area (Å²) in [6.07, 6.45) is -4.68. The number of fused-ring (bicyclic) bond motifs is 1. The van der Waals surface area contributed by atoms with Crippen LogP contribution < -0.4 is 11.1 Å². The Kier molecular flexibility index (Phi) is 3.68. The first-order valence-corrected chi connectivity index (χ1v) is 7.90. The molecular formula is C12H10BrF3N4OS. The van der Waals surface area contributed by atoms with Gasteiger partial charge in [-0.1, -0.05) is 6.07 Å². The highest BCUT2D eigenvalue weighted by molar-refractivity contribution is 9.10. The Morgan fingerprint density at radius 1 is 1.55 bits per heavy atom. The summed E-state index contributed by atoms with van der Waals surface area (Å²) in [5.74, 6) is -0.773. The first-order valence-electron chi connectivity index (χ1n) is 6.23. The summed E-state index contributed by atoms with van der Waals surface area (Å²) in [5, 5.41) is 8.53. The zero-order chi connectivity index (χ0) is 16.1. The van der Waals surface area contributed by atoms with Crippen LogP contribution in [0.25, 0.3) is 0 Å². The van der Waals surface area contributed by atoms with E-state index in [1.165, 1.54) is 11.3 Å². The van der Waals surface area contributed by atoms with Crippen molar-refractivity contribution >= 4 is 39.0 Å². The van der Waals surface area contributed by atoms with Gasteiger partial charge in [-0.3, -0.25) is 4.79 Å². The minimum absolute atomic E-state index is 0.112. The molecule has 3 rings (SSSR count). The lowest BCUT2D eigenvalue weighted by Crippen LogP contribution is -2.35. The highest BCUT2D eigenvalue weighted by Crippen LogP contribution is 2.46. The number of alkyl halides is 3. The SMILES string of the molecule is NC(=O)c1nn2c(c1Br)N[C@H](c1cccs1)C[C@@H]2C(F)(F)F. The van der Waals surface area contributed by atoms with Crippen LogP contribution in [0.2, 0.25) is 0 Å². The molecule has 5 nitrogen and oxygen atoms in total. The molecule has 2 atom stereocenters. The maximum Gasteiger partial charge on any atom is 0.410 e. The molecule has 0 aliphatic carbocycles. The van der Waals surface area contributed by atoms with Crippen LogP contribution >= 0.6 is 27.3 Å². The third kappa shape index (κ3) is 2.50. The number of carbonyl (C=O) groups is 1. The zero-order valence-corrected chi connectivity index (χ0v) is 13.3. The molecule has 0 spiro atoms. The second-order valence-corrected chi connectivity index (χ2v) is 6.60. The van der Waals surface area contributed by atoms with Gasteiger partial charge in [0.25, 0.3) is 5.91 Å². The summed E-state index contributed by atoms with van der Waals surface area (Å²) in [6, 6.07) is 1.22. The molecule has 0 radical (unpaired) electrons. The Morgan fingerprint density at radius 3 is 2.82 bits per heavy atom. The number of nitrogens with one attached hydrogen (secondary N) is 1. The first kappa shape index (κ1) is 15.3. The van der Waals surface area contributed by atoms with Crippen LogP contribution in [0.3, 0.4) is 0 Å². The number of rotatable bonds is 2. The van der Waals surface area contributed by atoms with Crippen molar-refractivity contribution in [2.75, 3.05) is 5.32 Å². The van der Waals surface area contributed by atoms with E-state index < -0.39 is 24.2 Å². The summed E-state index contributed by atoms with van der Waals surface area (Å²) in [6.45, 7) is 0. The lowest BCUT2D eigenvalue weighted by molar-refractivity contribution is -0.173. The van der Waals surface area contributed by atoms with E-state index in [4.69, 9.17) is 5.73 Å². The summed E-state index contributed by atoms with van der Waals surface area (Å²) in [5.41, 5.74) is 4.94. The number of hydrogen-bond acceptors (Lipinski definition) is 4. The second kappa shape index (κ2) is 5.27. The Labute approximate surface area is 135 Å². The molecule has 2 aromatic rings. The predicted molar refractivity (Wildman–Crippen MR) is 78.8 cm³/mol. The number of nitrogens with zero attached hydrogens (tertiary/aromatic N) is 2. The fourth-order valence-corrected chi connectivity index (χ4v) is 3.78. The van der Waals surface area contributed by atoms with Gasteiger partial charge in [0.1, 0.15) is 5.82 Å². The van der Waals surface area contributed by atoms with Crippen molar-refractivity contribution in [2.45, 2.75) is 24.7 Å². The summed E-state index contributed by atoms with van der Waals surface area (Å²) in [4.78, 5) is 12.1. The summed E-state index contributed by atoms with van der Waals surface area (Å²) >= 11 is 4.48. The molecular weight excluding hydrogens is 385 g/mol. The standard InChI is InChI=1S/C12H10BrF3N4OS/c13-8-9(10(17)21)19-20-7(12(14,15)16)4-5(18-11(8)20)6-2-1-3-22-6/h1-3,5,7,18H,4H2,(H2,17,21)/t5-,7+/m0/s1. The Morgan fingerprint density at radius 2 is 2.27 bits per heavy atom. The van der Waals surface area contributed by atoms with Crippen molar-refractivity contribution in [1.82, 2.24) is 9.78 Å². The van der Waals surface area contributed by atoms with E-state index in [1.54, 1.807) is 17.5 Å². The average molecular weight is 395 g/mol. The number of thiophene rings is 1. The van der Waals surface area contributed by atoms with Crippen LogP contribution in [-0.2, 0) is 0 Å². The van der Waals surface area contributed by atoms with Crippen molar-refractivity contribution in [3.8, 4) is 0 Å². The van der Waals surface area contributed by atoms with Gasteiger partial charge in [-0.15, -0.1) is 11.3 Å². The molecule has 0 bridgehead atoms. The molecule has 10 heteroatoms. The topological polar surface area (TPSA) is 72.9 Å². The molecule has 118 valence electrons. The summed E-state index contributed by atoms with van der Waals surface area (Å²) in [7, 11) is 0. The van der Waals surface area contributed by atoms with E-state index in [1.807, 2.05) is 0 Å². The fourth-order valence-electron chi connectivity index (χ4n) is 2.42. The van der Waals surface area contributed by atoms with Gasteiger partial charge in [0.2, 0.25) is 0 Å². The number of primary amides is 1. The van der Waals surface area contributed by atoms with Crippen molar-refractivity contribution in [1.29, 1.82) is 0 Å². The molecule has 22 heavy (non-hydrogen) atoms. The van der Waals surface area contributed by atoms with Gasteiger partial charge >= 0.3 is 6.18 Å². The Bertz CT molecular complexity index is 713. The lowest BCUT2D eigenvalue weighted by atomic mass is 10.0. The van der Waals surface area contributed by atoms with Crippen molar-refractivity contribution in [2.24, 2.45) is 5.73 Å². The fraction of sp³-hybridized carbons (Fsp3) is 0.333. The Balaban J connectivity index is 2.10. The van der Waals surface area contributed by atoms with Gasteiger partial charge in [0.05, 0.1) is 10.5 Å². The monoisotopic (exact) mass is 394 g/mol. The van der Waals surface area contributed by atoms with E-state index in [-0.39, 0.29) is 22.4 Å². The largest absolute Gasteiger partial charge is 0.410 e. The van der Waals surface area contributed by atoms with E-state index in [9.17, 15) is 18.0 Å². The highest BCUT2D eigenvalue weighted by Gasteiger charge is 2.47. The van der Waals surface area contributed by atoms with Gasteiger partial charge < -0.3 is 11.1 Å². The predicted octanol–water partition coefficient (Wildman–Crippen LogP) is 3.47. The minimum Gasteiger partial charge on any atom is -0.364 e. The minimum atomic E-state index is -4.48. The lowest BCUT2D eigenvalue weighted by Gasteiger charge is -2.33. The van der Waals surface area contributed by atoms with Gasteiger partial charge in [0.15, 0.2) is 11.7 Å². The number of hydrogen-bond donors (Lipinski definition) is 2. The first-order chi connectivity index (χ1) is 10.3. The number of nitrogens with two attached hydrogens (primary N) is 1. The van der Waals surface area contributed by atoms with E-state index >= 15 is 0 Å². The number of carbonyl (C=O) groups excluding carboxylic acids is 1. The van der Waals surface area contributed by atoms with E-state index in [0.717, 1.165) is 9.56 Å². The molecule has 1 aliphatic rings. The highest BCUT2D eigenvalue weighted by atomic mass is 79.9. The van der Waals surface area contributed by atoms with Crippen molar-refractivity contribution in [3.05, 3.63) is 32.6 Å². The maximum absolute atomic E-state index is 13.4. The quantitative estimate of drug-likeness (QED) is 0.818. The van der Waals surface area contributed by atoms with Gasteiger partial charge in [-0.05, 0) is 27.4 Å². The molecule has 0 saturated heterocycles. The molecule has 1 aliphatic heterocycles. The van der Waals surface area contributed by atoms with E-state index in [0.29, 0.717) is 0 Å². The molecule has 2 aromatic heterocycles. The van der Waals surface area contributed by atoms with Gasteiger partial charge in [-0.25, -0.2) is 4.68 Å². The zero-order valence-electron chi connectivity index (χ0n) is 10.9. The third-order valence-corrected chi connectivity index (χ3v) is 5.15. The average Bonchev–Trinajstić information content (AvgIpc) is 3.05. The van der Waals surface area contributed by atoms with Gasteiger partial charge in [0, 0.05) is 11.3 Å². The number of amides is 1. The molecule has 0 saturated carbocycles. The molecule has 0 aromatic carbocycles. The molecule has 1 amide bonds. The van der Waals surface area contributed by atoms with Crippen LogP contribution in [0.5, 0.6) is 0 Å². The van der Waals surface area contributed by atoms with Crippen LogP contribution in [0.4, 0.5) is 19.0 Å². The summed E-state index contributed by atoms with van der Waals surface area (Å²) < 4.78 is 41.0. The van der Waals surface area contributed by atoms with Crippen molar-refractivity contribution < 1.29 is 18.0 Å². The smallest absolute Gasteiger partial charge is 0.364 e. The second-order valence-electron chi connectivity index (χ2n) is 4.83. The number of halogens is 4. The van der Waals surface area contributed by atoms with E-state index in [2.05, 4.69) is 26.3 Å². The van der Waals surface area contributed by atoms with Crippen LogP contribution in [-0.4, -0.2) is 21.9 Å². The molecule has 3 heterocycles. The van der Waals surface area contributed by atoms with Crippen LogP contribution in [0.1, 0.15) is 33.9 Å². The number of aromatic nitrogens is 2.